The summed E-state index contributed by atoms with van der Waals surface area (Å²) in [5.74, 6) is 2.72. The van der Waals surface area contributed by atoms with E-state index in [1.54, 1.807) is 0 Å². The molecule has 1 rings (SSSR count). The minimum absolute atomic E-state index is 1.18. The molecule has 0 radical (unpaired) electrons. The average Bonchev–Trinajstić information content (AvgIpc) is 2.78. The molecule has 0 N–H and O–H groups in total. The Morgan fingerprint density at radius 2 is 0.935 bits per heavy atom. The van der Waals surface area contributed by atoms with E-state index in [1.165, 1.54) is 139 Å². The standard InChI is InChI=1S/C28H52NS2/c1-3-4-5-6-7-10-13-16-19-26-30-31-27-20-17-14-11-8-9-12-15-18-23-29-24-21-28(2)22-25-29/h21-22,24-25H,3-20,23,26-27H2,1-2H3/q+1. The molecule has 0 aliphatic heterocycles. The number of aromatic nitrogens is 1. The van der Waals surface area contributed by atoms with Gasteiger partial charge in [-0.2, -0.15) is 0 Å². The van der Waals surface area contributed by atoms with Crippen LogP contribution in [-0.4, -0.2) is 11.5 Å². The Labute approximate surface area is 203 Å². The third-order valence-electron chi connectivity index (χ3n) is 6.12. The van der Waals surface area contributed by atoms with E-state index in [0.29, 0.717) is 0 Å². The molecule has 1 aromatic rings. The van der Waals surface area contributed by atoms with Gasteiger partial charge in [-0.3, -0.25) is 0 Å². The van der Waals surface area contributed by atoms with Crippen LogP contribution in [0, 0.1) is 6.92 Å². The Balaban J connectivity index is 1.68. The quantitative estimate of drug-likeness (QED) is 0.0897. The molecule has 3 heteroatoms. The van der Waals surface area contributed by atoms with Crippen LogP contribution in [0.4, 0.5) is 0 Å². The second-order valence-corrected chi connectivity index (χ2v) is 12.0. The number of rotatable bonds is 23. The molecule has 1 heterocycles. The summed E-state index contributed by atoms with van der Waals surface area (Å²) in [6.07, 6.45) is 30.2. The largest absolute Gasteiger partial charge is 0.205 e. The van der Waals surface area contributed by atoms with E-state index < -0.39 is 0 Å². The molecule has 0 saturated carbocycles. The molecule has 0 unspecified atom stereocenters. The van der Waals surface area contributed by atoms with E-state index in [1.807, 2.05) is 0 Å². The van der Waals surface area contributed by atoms with Crippen molar-refractivity contribution >= 4 is 21.6 Å². The summed E-state index contributed by atoms with van der Waals surface area (Å²) in [6, 6.07) is 4.41. The average molecular weight is 467 g/mol. The predicted molar refractivity (Wildman–Crippen MR) is 145 cm³/mol. The summed E-state index contributed by atoms with van der Waals surface area (Å²) < 4.78 is 2.32. The fourth-order valence-electron chi connectivity index (χ4n) is 3.96. The highest BCUT2D eigenvalue weighted by Gasteiger charge is 1.99. The Bertz CT molecular complexity index is 474. The molecular weight excluding hydrogens is 414 g/mol. The maximum absolute atomic E-state index is 2.32. The fourth-order valence-corrected chi connectivity index (χ4v) is 6.26. The Morgan fingerprint density at radius 3 is 1.39 bits per heavy atom. The number of pyridine rings is 1. The molecule has 0 amide bonds. The van der Waals surface area contributed by atoms with Gasteiger partial charge in [-0.25, -0.2) is 4.57 Å². The minimum atomic E-state index is 1.18. The lowest BCUT2D eigenvalue weighted by Gasteiger charge is -2.04. The van der Waals surface area contributed by atoms with Crippen LogP contribution >= 0.6 is 21.6 Å². The van der Waals surface area contributed by atoms with Crippen molar-refractivity contribution in [3.05, 3.63) is 30.1 Å². The van der Waals surface area contributed by atoms with Crippen molar-refractivity contribution in [3.8, 4) is 0 Å². The molecule has 31 heavy (non-hydrogen) atoms. The van der Waals surface area contributed by atoms with Crippen molar-refractivity contribution in [2.24, 2.45) is 0 Å². The lowest BCUT2D eigenvalue weighted by atomic mass is 10.1. The third kappa shape index (κ3) is 20.2. The fraction of sp³-hybridized carbons (Fsp3) is 0.821. The molecular formula is C28H52NS2+. The van der Waals surface area contributed by atoms with E-state index in [4.69, 9.17) is 0 Å². The first-order chi connectivity index (χ1) is 15.3. The molecule has 1 aromatic heterocycles. The lowest BCUT2D eigenvalue weighted by Crippen LogP contribution is -2.32. The van der Waals surface area contributed by atoms with Crippen LogP contribution in [0.5, 0.6) is 0 Å². The SMILES string of the molecule is CCCCCCCCCCCSSCCCCCCCCCCC[n+]1ccc(C)cc1. The minimum Gasteiger partial charge on any atom is -0.205 e. The van der Waals surface area contributed by atoms with Gasteiger partial charge in [-0.15, -0.1) is 0 Å². The molecule has 0 saturated heterocycles. The van der Waals surface area contributed by atoms with Crippen LogP contribution in [0.3, 0.4) is 0 Å². The third-order valence-corrected chi connectivity index (χ3v) is 8.69. The van der Waals surface area contributed by atoms with Crippen LogP contribution in [0.15, 0.2) is 24.5 Å². The maximum Gasteiger partial charge on any atom is 0.169 e. The second-order valence-electron chi connectivity index (χ2n) is 9.27. The molecule has 180 valence electrons. The molecule has 0 aliphatic rings. The van der Waals surface area contributed by atoms with Gasteiger partial charge in [-0.1, -0.05) is 118 Å². The zero-order chi connectivity index (χ0) is 22.2. The van der Waals surface area contributed by atoms with E-state index in [9.17, 15) is 0 Å². The van der Waals surface area contributed by atoms with Gasteiger partial charge in [0.15, 0.2) is 12.4 Å². The predicted octanol–water partition coefficient (Wildman–Crippen LogP) is 9.71. The van der Waals surface area contributed by atoms with Gasteiger partial charge in [-0.05, 0) is 31.7 Å². The van der Waals surface area contributed by atoms with Crippen molar-refractivity contribution in [1.82, 2.24) is 0 Å². The van der Waals surface area contributed by atoms with Crippen molar-refractivity contribution in [2.45, 2.75) is 136 Å². The number of nitrogens with zero attached hydrogens (tertiary/aromatic N) is 1. The molecule has 0 aromatic carbocycles. The molecule has 0 spiro atoms. The number of hydrogen-bond donors (Lipinski definition) is 0. The van der Waals surface area contributed by atoms with E-state index in [-0.39, 0.29) is 0 Å². The van der Waals surface area contributed by atoms with Gasteiger partial charge in [0, 0.05) is 30.1 Å². The van der Waals surface area contributed by atoms with Gasteiger partial charge in [0.05, 0.1) is 0 Å². The van der Waals surface area contributed by atoms with Gasteiger partial charge in [0.2, 0.25) is 0 Å². The summed E-state index contributed by atoms with van der Waals surface area (Å²) in [4.78, 5) is 0. The highest BCUT2D eigenvalue weighted by atomic mass is 33.1. The molecule has 0 fully saturated rings. The number of aryl methyl sites for hydroxylation is 2. The number of unbranched alkanes of at least 4 members (excludes halogenated alkanes) is 16. The highest BCUT2D eigenvalue weighted by molar-refractivity contribution is 8.76. The lowest BCUT2D eigenvalue weighted by molar-refractivity contribution is -0.697. The van der Waals surface area contributed by atoms with Crippen molar-refractivity contribution < 1.29 is 4.57 Å². The molecule has 1 nitrogen and oxygen atoms in total. The van der Waals surface area contributed by atoms with Crippen LogP contribution in [-0.2, 0) is 6.54 Å². The van der Waals surface area contributed by atoms with Crippen molar-refractivity contribution in [3.63, 3.8) is 0 Å². The maximum atomic E-state index is 2.32. The summed E-state index contributed by atoms with van der Waals surface area (Å²) >= 11 is 0. The Hall–Kier alpha value is -0.150. The van der Waals surface area contributed by atoms with Crippen molar-refractivity contribution in [1.29, 1.82) is 0 Å². The van der Waals surface area contributed by atoms with Crippen LogP contribution in [0.25, 0.3) is 0 Å². The van der Waals surface area contributed by atoms with Crippen LogP contribution in [0.2, 0.25) is 0 Å². The summed E-state index contributed by atoms with van der Waals surface area (Å²) in [5, 5.41) is 0. The van der Waals surface area contributed by atoms with Crippen LogP contribution < -0.4 is 4.57 Å². The second kappa shape index (κ2) is 23.0. The van der Waals surface area contributed by atoms with E-state index in [2.05, 4.69) is 64.5 Å². The highest BCUT2D eigenvalue weighted by Crippen LogP contribution is 2.25. The van der Waals surface area contributed by atoms with E-state index >= 15 is 0 Å². The van der Waals surface area contributed by atoms with Gasteiger partial charge >= 0.3 is 0 Å². The first-order valence-corrected chi connectivity index (χ1v) is 16.0. The molecule has 0 atom stereocenters. The summed E-state index contributed by atoms with van der Waals surface area (Å²) in [7, 11) is 4.24. The smallest absolute Gasteiger partial charge is 0.169 e. The topological polar surface area (TPSA) is 3.88 Å². The Kier molecular flexibility index (Phi) is 21.5. The van der Waals surface area contributed by atoms with E-state index in [0.717, 1.165) is 0 Å². The number of hydrogen-bond acceptors (Lipinski definition) is 2. The van der Waals surface area contributed by atoms with Gasteiger partial charge in [0.25, 0.3) is 0 Å². The van der Waals surface area contributed by atoms with Crippen molar-refractivity contribution in [2.75, 3.05) is 11.5 Å². The first kappa shape index (κ1) is 28.9. The normalized spacial score (nSPS) is 11.3. The summed E-state index contributed by atoms with van der Waals surface area (Å²) in [5.41, 5.74) is 1.35. The molecule has 0 bridgehead atoms. The molecule has 0 aliphatic carbocycles. The zero-order valence-corrected chi connectivity index (χ0v) is 22.6. The zero-order valence-electron chi connectivity index (χ0n) is 20.9. The summed E-state index contributed by atoms with van der Waals surface area (Å²) in [6.45, 7) is 5.63. The van der Waals surface area contributed by atoms with Crippen LogP contribution in [0.1, 0.15) is 128 Å². The first-order valence-electron chi connectivity index (χ1n) is 13.5. The van der Waals surface area contributed by atoms with Gasteiger partial charge in [0.1, 0.15) is 6.54 Å². The Morgan fingerprint density at radius 1 is 0.548 bits per heavy atom. The van der Waals surface area contributed by atoms with Gasteiger partial charge < -0.3 is 0 Å². The monoisotopic (exact) mass is 466 g/mol.